The van der Waals surface area contributed by atoms with Gasteiger partial charge in [-0.3, -0.25) is 14.5 Å². The van der Waals surface area contributed by atoms with E-state index in [2.05, 4.69) is 15.2 Å². The Bertz CT molecular complexity index is 1060. The van der Waals surface area contributed by atoms with Crippen molar-refractivity contribution in [3.05, 3.63) is 69.7 Å². The number of halogens is 2. The Morgan fingerprint density at radius 1 is 1.14 bits per heavy atom. The third-order valence-electron chi connectivity index (χ3n) is 4.80. The molecule has 0 aliphatic carbocycles. The van der Waals surface area contributed by atoms with Crippen molar-refractivity contribution < 1.29 is 9.59 Å². The van der Waals surface area contributed by atoms with Gasteiger partial charge in [-0.05, 0) is 24.3 Å². The Balaban J connectivity index is 1.71. The normalized spacial score (nSPS) is 15.4. The molecule has 1 aliphatic heterocycles. The van der Waals surface area contributed by atoms with Gasteiger partial charge in [0, 0.05) is 37.8 Å². The highest BCUT2D eigenvalue weighted by Crippen LogP contribution is 2.28. The van der Waals surface area contributed by atoms with Crippen molar-refractivity contribution in [3.8, 4) is 0 Å². The molecule has 28 heavy (non-hydrogen) atoms. The van der Waals surface area contributed by atoms with Gasteiger partial charge in [0.25, 0.3) is 0 Å². The number of nitrogens with zero attached hydrogens (tertiary/aromatic N) is 3. The van der Waals surface area contributed by atoms with Gasteiger partial charge in [0.15, 0.2) is 0 Å². The minimum absolute atomic E-state index is 0.0574. The molecule has 1 fully saturated rings. The molecule has 1 aromatic carbocycles. The first-order valence-corrected chi connectivity index (χ1v) is 9.74. The number of amides is 1. The molecule has 0 spiro atoms. The molecule has 1 amide bonds. The molecular weight excluding hydrogens is 399 g/mol. The van der Waals surface area contributed by atoms with Crippen LogP contribution in [0.25, 0.3) is 5.52 Å². The summed E-state index contributed by atoms with van der Waals surface area (Å²) in [7, 11) is 0. The summed E-state index contributed by atoms with van der Waals surface area (Å²) in [5.41, 5.74) is 1.38. The van der Waals surface area contributed by atoms with Crippen LogP contribution in [0.2, 0.25) is 10.0 Å². The van der Waals surface area contributed by atoms with Gasteiger partial charge in [0.2, 0.25) is 11.7 Å². The summed E-state index contributed by atoms with van der Waals surface area (Å²) in [6, 6.07) is 10.6. The summed E-state index contributed by atoms with van der Waals surface area (Å²) < 4.78 is 1.91. The van der Waals surface area contributed by atoms with E-state index in [9.17, 15) is 9.59 Å². The van der Waals surface area contributed by atoms with E-state index in [4.69, 9.17) is 23.2 Å². The Kier molecular flexibility index (Phi) is 5.35. The van der Waals surface area contributed by atoms with Gasteiger partial charge in [-0.15, -0.1) is 0 Å². The Labute approximate surface area is 172 Å². The minimum atomic E-state index is -0.268. The van der Waals surface area contributed by atoms with Crippen molar-refractivity contribution in [2.75, 3.05) is 19.6 Å². The van der Waals surface area contributed by atoms with Gasteiger partial charge in [0.1, 0.15) is 11.5 Å². The smallest absolute Gasteiger partial charge is 0.221 e. The van der Waals surface area contributed by atoms with Gasteiger partial charge < -0.3 is 9.72 Å². The number of fused-ring (bicyclic) bond motifs is 1. The van der Waals surface area contributed by atoms with E-state index >= 15 is 0 Å². The lowest BCUT2D eigenvalue weighted by molar-refractivity contribution is -0.120. The zero-order chi connectivity index (χ0) is 19.7. The van der Waals surface area contributed by atoms with E-state index in [1.807, 2.05) is 28.8 Å². The van der Waals surface area contributed by atoms with Crippen molar-refractivity contribution in [2.24, 2.45) is 0 Å². The second-order valence-electron chi connectivity index (χ2n) is 6.64. The molecule has 2 aromatic heterocycles. The van der Waals surface area contributed by atoms with E-state index in [1.54, 1.807) is 18.2 Å². The maximum absolute atomic E-state index is 13.1. The average molecular weight is 417 g/mol. The molecule has 0 atom stereocenters. The Morgan fingerprint density at radius 2 is 2.00 bits per heavy atom. The molecule has 1 saturated heterocycles. The van der Waals surface area contributed by atoms with E-state index in [1.165, 1.54) is 0 Å². The molecule has 144 valence electrons. The molecule has 3 heterocycles. The quantitative estimate of drug-likeness (QED) is 0.663. The first-order chi connectivity index (χ1) is 13.5. The lowest BCUT2D eigenvalue weighted by atomic mass is 10.1. The zero-order valence-electron chi connectivity index (χ0n) is 15.0. The van der Waals surface area contributed by atoms with Crippen LogP contribution < -0.4 is 5.32 Å². The maximum Gasteiger partial charge on any atom is 0.221 e. The molecule has 8 heteroatoms. The van der Waals surface area contributed by atoms with Crippen LogP contribution in [0.15, 0.2) is 42.6 Å². The molecule has 1 aliphatic rings. The number of hydrogen-bond donors (Lipinski definition) is 1. The van der Waals surface area contributed by atoms with E-state index in [0.717, 1.165) is 12.4 Å². The SMILES string of the molecule is O=C1CCN(Cc2nc(C(=O)c3cccc(Cl)c3Cl)c3ccccn23)CCN1. The minimum Gasteiger partial charge on any atom is -0.355 e. The number of carbonyl (C=O) groups is 2. The first-order valence-electron chi connectivity index (χ1n) is 8.98. The molecule has 6 nitrogen and oxygen atoms in total. The average Bonchev–Trinajstić information content (AvgIpc) is 2.93. The number of ketones is 1. The molecular formula is C20H18Cl2N4O2. The third-order valence-corrected chi connectivity index (χ3v) is 5.62. The second kappa shape index (κ2) is 7.91. The summed E-state index contributed by atoms with van der Waals surface area (Å²) in [4.78, 5) is 31.5. The van der Waals surface area contributed by atoms with Gasteiger partial charge in [-0.25, -0.2) is 4.98 Å². The summed E-state index contributed by atoms with van der Waals surface area (Å²) in [5, 5.41) is 3.42. The number of benzene rings is 1. The molecule has 0 radical (unpaired) electrons. The monoisotopic (exact) mass is 416 g/mol. The van der Waals surface area contributed by atoms with E-state index in [-0.39, 0.29) is 16.7 Å². The highest BCUT2D eigenvalue weighted by molar-refractivity contribution is 6.44. The number of carbonyl (C=O) groups excluding carboxylic acids is 2. The van der Waals surface area contributed by atoms with Crippen molar-refractivity contribution in [1.82, 2.24) is 19.6 Å². The van der Waals surface area contributed by atoms with E-state index < -0.39 is 0 Å². The number of imidazole rings is 1. The predicted octanol–water partition coefficient (Wildman–Crippen LogP) is 3.19. The van der Waals surface area contributed by atoms with Crippen LogP contribution in [-0.2, 0) is 11.3 Å². The van der Waals surface area contributed by atoms with Crippen molar-refractivity contribution >= 4 is 40.4 Å². The molecule has 1 N–H and O–H groups in total. The highest BCUT2D eigenvalue weighted by Gasteiger charge is 2.23. The van der Waals surface area contributed by atoms with Crippen molar-refractivity contribution in [1.29, 1.82) is 0 Å². The van der Waals surface area contributed by atoms with Gasteiger partial charge in [-0.2, -0.15) is 0 Å². The Hall–Kier alpha value is -2.41. The van der Waals surface area contributed by atoms with Gasteiger partial charge in [-0.1, -0.05) is 35.3 Å². The lowest BCUT2D eigenvalue weighted by Crippen LogP contribution is -2.28. The van der Waals surface area contributed by atoms with E-state index in [0.29, 0.717) is 47.9 Å². The topological polar surface area (TPSA) is 66.7 Å². The van der Waals surface area contributed by atoms with Crippen LogP contribution in [0.3, 0.4) is 0 Å². The summed E-state index contributed by atoms with van der Waals surface area (Å²) in [5.74, 6) is 0.531. The van der Waals surface area contributed by atoms with Crippen LogP contribution in [0, 0.1) is 0 Å². The third kappa shape index (κ3) is 3.63. The molecule has 3 aromatic rings. The summed E-state index contributed by atoms with van der Waals surface area (Å²) >= 11 is 12.3. The second-order valence-corrected chi connectivity index (χ2v) is 7.42. The molecule has 0 bridgehead atoms. The van der Waals surface area contributed by atoms with Gasteiger partial charge >= 0.3 is 0 Å². The standard InChI is InChI=1S/C20H18Cl2N4O2/c21-14-5-3-4-13(18(14)22)20(28)19-15-6-1-2-9-26(15)16(24-19)12-25-10-7-17(27)23-8-11-25/h1-6,9H,7-8,10-12H2,(H,23,27). The molecule has 0 saturated carbocycles. The number of rotatable bonds is 4. The first kappa shape index (κ1) is 18.9. The molecule has 0 unspecified atom stereocenters. The Morgan fingerprint density at radius 3 is 2.86 bits per heavy atom. The largest absolute Gasteiger partial charge is 0.355 e. The highest BCUT2D eigenvalue weighted by atomic mass is 35.5. The van der Waals surface area contributed by atoms with Crippen molar-refractivity contribution in [3.63, 3.8) is 0 Å². The lowest BCUT2D eigenvalue weighted by Gasteiger charge is -2.17. The number of pyridine rings is 1. The maximum atomic E-state index is 13.1. The fraction of sp³-hybridized carbons (Fsp3) is 0.250. The van der Waals surface area contributed by atoms with Crippen LogP contribution in [-0.4, -0.2) is 45.6 Å². The van der Waals surface area contributed by atoms with Crippen LogP contribution in [0.4, 0.5) is 0 Å². The van der Waals surface area contributed by atoms with Crippen LogP contribution in [0.1, 0.15) is 28.3 Å². The van der Waals surface area contributed by atoms with Crippen LogP contribution >= 0.6 is 23.2 Å². The van der Waals surface area contributed by atoms with Crippen molar-refractivity contribution in [2.45, 2.75) is 13.0 Å². The number of nitrogens with one attached hydrogen (secondary N) is 1. The fourth-order valence-corrected chi connectivity index (χ4v) is 3.74. The number of hydrogen-bond acceptors (Lipinski definition) is 4. The van der Waals surface area contributed by atoms with Crippen LogP contribution in [0.5, 0.6) is 0 Å². The zero-order valence-corrected chi connectivity index (χ0v) is 16.5. The summed E-state index contributed by atoms with van der Waals surface area (Å²) in [6.45, 7) is 2.52. The number of aromatic nitrogens is 2. The van der Waals surface area contributed by atoms with Gasteiger partial charge in [0.05, 0.1) is 22.1 Å². The molecule has 4 rings (SSSR count). The predicted molar refractivity (Wildman–Crippen MR) is 108 cm³/mol. The summed E-state index contributed by atoms with van der Waals surface area (Å²) in [6.07, 6.45) is 2.34. The fourth-order valence-electron chi connectivity index (χ4n) is 3.36.